The summed E-state index contributed by atoms with van der Waals surface area (Å²) < 4.78 is 0. The number of nitrogens with zero attached hydrogens (tertiary/aromatic N) is 2. The summed E-state index contributed by atoms with van der Waals surface area (Å²) in [5.41, 5.74) is 2.18. The van der Waals surface area contributed by atoms with E-state index >= 15 is 0 Å². The molecular formula is C25H21ClN2O4. The van der Waals surface area contributed by atoms with Gasteiger partial charge >= 0.3 is 5.97 Å². The summed E-state index contributed by atoms with van der Waals surface area (Å²) in [4.78, 5) is 43.6. The lowest BCUT2D eigenvalue weighted by Gasteiger charge is -2.25. The number of carbonyl (C=O) groups is 3. The van der Waals surface area contributed by atoms with Crippen LogP contribution in [0.1, 0.15) is 36.5 Å². The molecule has 1 N–H and O–H groups in total. The summed E-state index contributed by atoms with van der Waals surface area (Å²) >= 11 is 6.27. The number of hydrogen-bond donors (Lipinski definition) is 1. The van der Waals surface area contributed by atoms with Crippen LogP contribution in [0.25, 0.3) is 22.2 Å². The van der Waals surface area contributed by atoms with Gasteiger partial charge in [-0.2, -0.15) is 0 Å². The van der Waals surface area contributed by atoms with Gasteiger partial charge in [0.15, 0.2) is 0 Å². The van der Waals surface area contributed by atoms with Crippen molar-refractivity contribution in [3.63, 3.8) is 0 Å². The Morgan fingerprint density at radius 1 is 1.06 bits per heavy atom. The third-order valence-electron chi connectivity index (χ3n) is 6.63. The van der Waals surface area contributed by atoms with E-state index in [0.717, 1.165) is 19.3 Å². The van der Waals surface area contributed by atoms with Crippen LogP contribution in [0.3, 0.4) is 0 Å². The van der Waals surface area contributed by atoms with Crippen LogP contribution in [0.4, 0.5) is 5.69 Å². The Morgan fingerprint density at radius 2 is 1.78 bits per heavy atom. The second kappa shape index (κ2) is 7.71. The predicted molar refractivity (Wildman–Crippen MR) is 122 cm³/mol. The molecule has 0 radical (unpaired) electrons. The minimum Gasteiger partial charge on any atom is -0.478 e. The zero-order valence-electron chi connectivity index (χ0n) is 17.4. The molecule has 3 aromatic rings. The van der Waals surface area contributed by atoms with Crippen molar-refractivity contribution in [2.75, 3.05) is 4.90 Å². The molecule has 2 aromatic carbocycles. The normalized spacial score (nSPS) is 22.9. The number of fused-ring (bicyclic) bond motifs is 2. The molecule has 32 heavy (non-hydrogen) atoms. The molecule has 6 nitrogen and oxygen atoms in total. The van der Waals surface area contributed by atoms with Crippen LogP contribution in [-0.2, 0) is 9.59 Å². The first kappa shape index (κ1) is 20.6. The molecule has 7 heteroatoms. The van der Waals surface area contributed by atoms with Gasteiger partial charge in [-0.1, -0.05) is 42.8 Å². The molecule has 1 aliphatic heterocycles. The molecule has 3 atom stereocenters. The predicted octanol–water partition coefficient (Wildman–Crippen LogP) is 5.18. The molecule has 0 bridgehead atoms. The molecule has 1 aliphatic carbocycles. The van der Waals surface area contributed by atoms with Crippen molar-refractivity contribution >= 4 is 46.0 Å². The maximum absolute atomic E-state index is 13.0. The Bertz CT molecular complexity index is 1270. The number of hydrogen-bond acceptors (Lipinski definition) is 4. The Hall–Kier alpha value is -3.25. The van der Waals surface area contributed by atoms with Gasteiger partial charge in [0.25, 0.3) is 0 Å². The summed E-state index contributed by atoms with van der Waals surface area (Å²) in [7, 11) is 0. The first-order chi connectivity index (χ1) is 15.3. The maximum atomic E-state index is 13.0. The Labute approximate surface area is 189 Å². The lowest BCUT2D eigenvalue weighted by atomic mass is 9.76. The number of aromatic carboxylic acids is 1. The van der Waals surface area contributed by atoms with Gasteiger partial charge in [0.05, 0.1) is 39.3 Å². The Morgan fingerprint density at radius 3 is 2.50 bits per heavy atom. The SMILES string of the molecule is CC1CCC2C(=O)N(c3ccc(-c4cc(C(=O)O)c5cccc(Cl)c5n4)cc3)C(=O)C2C1. The van der Waals surface area contributed by atoms with Gasteiger partial charge in [-0.25, -0.2) is 9.78 Å². The minimum atomic E-state index is -1.07. The highest BCUT2D eigenvalue weighted by atomic mass is 35.5. The van der Waals surface area contributed by atoms with E-state index in [1.807, 2.05) is 0 Å². The molecule has 2 fully saturated rings. The fourth-order valence-corrected chi connectivity index (χ4v) is 5.18. The van der Waals surface area contributed by atoms with Gasteiger partial charge in [-0.15, -0.1) is 0 Å². The summed E-state index contributed by atoms with van der Waals surface area (Å²) in [5, 5.41) is 10.5. The van der Waals surface area contributed by atoms with Crippen LogP contribution in [0, 0.1) is 17.8 Å². The first-order valence-corrected chi connectivity index (χ1v) is 11.0. The summed E-state index contributed by atoms with van der Waals surface area (Å²) in [6.07, 6.45) is 2.48. The number of amides is 2. The number of aromatic nitrogens is 1. The zero-order valence-corrected chi connectivity index (χ0v) is 18.2. The molecule has 2 heterocycles. The van der Waals surface area contributed by atoms with Crippen molar-refractivity contribution in [1.29, 1.82) is 0 Å². The number of rotatable bonds is 3. The van der Waals surface area contributed by atoms with E-state index in [2.05, 4.69) is 11.9 Å². The van der Waals surface area contributed by atoms with Crippen molar-refractivity contribution in [2.24, 2.45) is 17.8 Å². The van der Waals surface area contributed by atoms with E-state index in [9.17, 15) is 19.5 Å². The zero-order chi connectivity index (χ0) is 22.6. The van der Waals surface area contributed by atoms with E-state index in [1.54, 1.807) is 42.5 Å². The van der Waals surface area contributed by atoms with E-state index in [0.29, 0.717) is 38.8 Å². The van der Waals surface area contributed by atoms with Crippen molar-refractivity contribution in [3.05, 3.63) is 59.1 Å². The average Bonchev–Trinajstić information content (AvgIpc) is 3.03. The maximum Gasteiger partial charge on any atom is 0.336 e. The molecule has 1 saturated carbocycles. The number of carboxylic acid groups (broad SMARTS) is 1. The number of anilines is 1. The molecule has 162 valence electrons. The molecular weight excluding hydrogens is 428 g/mol. The van der Waals surface area contributed by atoms with Crippen LogP contribution in [0.5, 0.6) is 0 Å². The standard InChI is InChI=1S/C25H21ClN2O4/c1-13-5-10-17-18(11-13)24(30)28(23(17)29)15-8-6-14(7-9-15)21-12-19(25(31)32)16-3-2-4-20(26)22(16)27-21/h2-4,6-9,12-13,17-18H,5,10-11H2,1H3,(H,31,32). The second-order valence-corrected chi connectivity index (χ2v) is 9.09. The van der Waals surface area contributed by atoms with Crippen LogP contribution in [0.15, 0.2) is 48.5 Å². The molecule has 3 unspecified atom stereocenters. The number of imide groups is 1. The Balaban J connectivity index is 1.51. The van der Waals surface area contributed by atoms with Crippen molar-refractivity contribution in [2.45, 2.75) is 26.2 Å². The van der Waals surface area contributed by atoms with Crippen LogP contribution in [0.2, 0.25) is 5.02 Å². The number of carbonyl (C=O) groups excluding carboxylic acids is 2. The highest BCUT2D eigenvalue weighted by Crippen LogP contribution is 2.42. The lowest BCUT2D eigenvalue weighted by Crippen LogP contribution is -2.30. The monoisotopic (exact) mass is 448 g/mol. The lowest BCUT2D eigenvalue weighted by molar-refractivity contribution is -0.122. The number of halogens is 1. The average molecular weight is 449 g/mol. The number of para-hydroxylation sites is 1. The van der Waals surface area contributed by atoms with Crippen molar-refractivity contribution in [1.82, 2.24) is 4.98 Å². The van der Waals surface area contributed by atoms with Crippen LogP contribution >= 0.6 is 11.6 Å². The third-order valence-corrected chi connectivity index (χ3v) is 6.93. The Kier molecular flexibility index (Phi) is 4.97. The minimum absolute atomic E-state index is 0.111. The first-order valence-electron chi connectivity index (χ1n) is 10.7. The fraction of sp³-hybridized carbons (Fsp3) is 0.280. The smallest absolute Gasteiger partial charge is 0.336 e. The summed E-state index contributed by atoms with van der Waals surface area (Å²) in [5.74, 6) is -1.31. The quantitative estimate of drug-likeness (QED) is 0.558. The number of pyridine rings is 1. The van der Waals surface area contributed by atoms with E-state index < -0.39 is 5.97 Å². The molecule has 5 rings (SSSR count). The van der Waals surface area contributed by atoms with Crippen LogP contribution in [-0.4, -0.2) is 27.9 Å². The fourth-order valence-electron chi connectivity index (χ4n) is 4.96. The van der Waals surface area contributed by atoms with Gasteiger partial charge in [-0.05, 0) is 49.4 Å². The van der Waals surface area contributed by atoms with Gasteiger partial charge < -0.3 is 5.11 Å². The van der Waals surface area contributed by atoms with Gasteiger partial charge in [-0.3, -0.25) is 14.5 Å². The largest absolute Gasteiger partial charge is 0.478 e. The molecule has 0 spiro atoms. The van der Waals surface area contributed by atoms with Gasteiger partial charge in [0, 0.05) is 10.9 Å². The van der Waals surface area contributed by atoms with Gasteiger partial charge in [0.1, 0.15) is 0 Å². The third kappa shape index (κ3) is 3.26. The topological polar surface area (TPSA) is 87.6 Å². The van der Waals surface area contributed by atoms with Crippen molar-refractivity contribution < 1.29 is 19.5 Å². The summed E-state index contributed by atoms with van der Waals surface area (Å²) in [6.45, 7) is 2.12. The van der Waals surface area contributed by atoms with E-state index in [4.69, 9.17) is 11.6 Å². The second-order valence-electron chi connectivity index (χ2n) is 8.69. The van der Waals surface area contributed by atoms with Gasteiger partial charge in [0.2, 0.25) is 11.8 Å². The van der Waals surface area contributed by atoms with E-state index in [-0.39, 0.29) is 29.2 Å². The molecule has 2 aliphatic rings. The molecule has 2 amide bonds. The highest BCUT2D eigenvalue weighted by Gasteiger charge is 2.49. The number of carboxylic acids is 1. The highest BCUT2D eigenvalue weighted by molar-refractivity contribution is 6.35. The van der Waals surface area contributed by atoms with Crippen LogP contribution < -0.4 is 4.90 Å². The molecule has 1 aromatic heterocycles. The van der Waals surface area contributed by atoms with Crippen molar-refractivity contribution in [3.8, 4) is 11.3 Å². The number of benzene rings is 2. The van der Waals surface area contributed by atoms with E-state index in [1.165, 1.54) is 11.0 Å². The summed E-state index contributed by atoms with van der Waals surface area (Å²) in [6, 6.07) is 13.5. The molecule has 1 saturated heterocycles.